The van der Waals surface area contributed by atoms with Crippen molar-refractivity contribution in [1.82, 2.24) is 4.90 Å². The number of benzene rings is 1. The number of amides is 1. The molecule has 2 fully saturated rings. The van der Waals surface area contributed by atoms with E-state index in [4.69, 9.17) is 0 Å². The molecule has 1 aromatic rings. The maximum atomic E-state index is 12.6. The number of aryl methyl sites for hydroxylation is 1. The van der Waals surface area contributed by atoms with Gasteiger partial charge < -0.3 is 4.90 Å². The molecular formula is C17H23NOS. The molecule has 0 spiro atoms. The molecule has 0 aliphatic heterocycles. The van der Waals surface area contributed by atoms with Crippen LogP contribution in [0.25, 0.3) is 0 Å². The van der Waals surface area contributed by atoms with Gasteiger partial charge in [0.25, 0.3) is 5.91 Å². The number of hydrogen-bond acceptors (Lipinski definition) is 2. The van der Waals surface area contributed by atoms with Crippen molar-refractivity contribution < 1.29 is 4.79 Å². The summed E-state index contributed by atoms with van der Waals surface area (Å²) >= 11 is 4.35. The molecular weight excluding hydrogens is 266 g/mol. The quantitative estimate of drug-likeness (QED) is 0.839. The summed E-state index contributed by atoms with van der Waals surface area (Å²) in [5, 5.41) is 0. The third-order valence-corrected chi connectivity index (χ3v) is 5.47. The molecule has 0 saturated heterocycles. The van der Waals surface area contributed by atoms with E-state index in [1.54, 1.807) is 0 Å². The summed E-state index contributed by atoms with van der Waals surface area (Å²) in [6.45, 7) is 2.90. The van der Waals surface area contributed by atoms with Gasteiger partial charge in [-0.1, -0.05) is 12.5 Å². The second-order valence-electron chi connectivity index (χ2n) is 6.62. The highest BCUT2D eigenvalue weighted by Crippen LogP contribution is 2.48. The molecule has 0 radical (unpaired) electrons. The third-order valence-electron chi connectivity index (χ3n) is 5.19. The first-order valence-corrected chi connectivity index (χ1v) is 8.04. The molecule has 1 aromatic carbocycles. The number of thiol groups is 1. The van der Waals surface area contributed by atoms with Gasteiger partial charge in [-0.15, -0.1) is 12.6 Å². The standard InChI is InChI=1S/C17H23NOS/c1-11-3-6-15(20)9-16(11)17(19)18(2)10-14-8-12-4-5-13(14)7-12/h3,6,9,12-14,20H,4-5,7-8,10H2,1-2H3. The molecule has 0 N–H and O–H groups in total. The Morgan fingerprint density at radius 2 is 2.15 bits per heavy atom. The molecule has 108 valence electrons. The zero-order valence-electron chi connectivity index (χ0n) is 12.3. The lowest BCUT2D eigenvalue weighted by Gasteiger charge is -2.27. The van der Waals surface area contributed by atoms with Gasteiger partial charge >= 0.3 is 0 Å². The van der Waals surface area contributed by atoms with Gasteiger partial charge in [-0.25, -0.2) is 0 Å². The van der Waals surface area contributed by atoms with Crippen LogP contribution < -0.4 is 0 Å². The van der Waals surface area contributed by atoms with Crippen molar-refractivity contribution in [1.29, 1.82) is 0 Å². The average molecular weight is 289 g/mol. The van der Waals surface area contributed by atoms with E-state index >= 15 is 0 Å². The molecule has 1 amide bonds. The van der Waals surface area contributed by atoms with Crippen LogP contribution in [0.5, 0.6) is 0 Å². The molecule has 3 heteroatoms. The minimum Gasteiger partial charge on any atom is -0.341 e. The van der Waals surface area contributed by atoms with Gasteiger partial charge in [0.1, 0.15) is 0 Å². The number of hydrogen-bond donors (Lipinski definition) is 1. The van der Waals surface area contributed by atoms with Crippen molar-refractivity contribution >= 4 is 18.5 Å². The summed E-state index contributed by atoms with van der Waals surface area (Å²) in [4.78, 5) is 15.4. The molecule has 20 heavy (non-hydrogen) atoms. The topological polar surface area (TPSA) is 20.3 Å². The van der Waals surface area contributed by atoms with Crippen molar-refractivity contribution in [2.75, 3.05) is 13.6 Å². The summed E-state index contributed by atoms with van der Waals surface area (Å²) in [5.41, 5.74) is 1.83. The summed E-state index contributed by atoms with van der Waals surface area (Å²) in [7, 11) is 1.94. The summed E-state index contributed by atoms with van der Waals surface area (Å²) < 4.78 is 0. The van der Waals surface area contributed by atoms with Gasteiger partial charge in [0.15, 0.2) is 0 Å². The minimum atomic E-state index is 0.140. The number of nitrogens with zero attached hydrogens (tertiary/aromatic N) is 1. The smallest absolute Gasteiger partial charge is 0.253 e. The fourth-order valence-electron chi connectivity index (χ4n) is 4.08. The van der Waals surface area contributed by atoms with Gasteiger partial charge in [-0.2, -0.15) is 0 Å². The van der Waals surface area contributed by atoms with Crippen molar-refractivity contribution in [2.24, 2.45) is 17.8 Å². The Labute approximate surface area is 127 Å². The second-order valence-corrected chi connectivity index (χ2v) is 7.14. The van der Waals surface area contributed by atoms with Crippen LogP contribution in [0.2, 0.25) is 0 Å². The van der Waals surface area contributed by atoms with Crippen molar-refractivity contribution in [2.45, 2.75) is 37.5 Å². The molecule has 3 unspecified atom stereocenters. The van der Waals surface area contributed by atoms with Gasteiger partial charge in [-0.05, 0) is 61.6 Å². The van der Waals surface area contributed by atoms with Crippen LogP contribution in [0.1, 0.15) is 41.6 Å². The van der Waals surface area contributed by atoms with Crippen LogP contribution in [0.4, 0.5) is 0 Å². The lowest BCUT2D eigenvalue weighted by molar-refractivity contribution is 0.0753. The predicted molar refractivity (Wildman–Crippen MR) is 84.3 cm³/mol. The van der Waals surface area contributed by atoms with E-state index in [-0.39, 0.29) is 5.91 Å². The Kier molecular flexibility index (Phi) is 3.80. The monoisotopic (exact) mass is 289 g/mol. The molecule has 3 rings (SSSR count). The number of fused-ring (bicyclic) bond motifs is 2. The summed E-state index contributed by atoms with van der Waals surface area (Å²) in [6, 6.07) is 5.80. The predicted octanol–water partition coefficient (Wildman–Crippen LogP) is 3.79. The van der Waals surface area contributed by atoms with E-state index in [0.29, 0.717) is 0 Å². The first-order valence-electron chi connectivity index (χ1n) is 7.59. The van der Waals surface area contributed by atoms with E-state index in [2.05, 4.69) is 12.6 Å². The van der Waals surface area contributed by atoms with Crippen molar-refractivity contribution in [3.63, 3.8) is 0 Å². The van der Waals surface area contributed by atoms with Gasteiger partial charge in [0, 0.05) is 24.1 Å². The van der Waals surface area contributed by atoms with Crippen LogP contribution in [0.3, 0.4) is 0 Å². The minimum absolute atomic E-state index is 0.140. The lowest BCUT2D eigenvalue weighted by Crippen LogP contribution is -2.34. The largest absolute Gasteiger partial charge is 0.341 e. The van der Waals surface area contributed by atoms with E-state index in [1.165, 1.54) is 25.7 Å². The number of carbonyl (C=O) groups is 1. The second kappa shape index (κ2) is 5.44. The molecule has 3 atom stereocenters. The molecule has 0 heterocycles. The highest BCUT2D eigenvalue weighted by atomic mass is 32.1. The van der Waals surface area contributed by atoms with Gasteiger partial charge in [0.2, 0.25) is 0 Å². The lowest BCUT2D eigenvalue weighted by atomic mass is 9.88. The molecule has 0 aromatic heterocycles. The van der Waals surface area contributed by atoms with Crippen molar-refractivity contribution in [3.8, 4) is 0 Å². The van der Waals surface area contributed by atoms with Crippen LogP contribution >= 0.6 is 12.6 Å². The zero-order chi connectivity index (χ0) is 14.3. The Bertz CT molecular complexity index is 528. The summed E-state index contributed by atoms with van der Waals surface area (Å²) in [5.74, 6) is 2.67. The molecule has 2 aliphatic carbocycles. The third kappa shape index (κ3) is 2.60. The highest BCUT2D eigenvalue weighted by Gasteiger charge is 2.40. The van der Waals surface area contributed by atoms with E-state index in [0.717, 1.165) is 40.3 Å². The molecule has 2 saturated carbocycles. The normalized spacial score (nSPS) is 27.9. The maximum absolute atomic E-state index is 12.6. The van der Waals surface area contributed by atoms with Crippen LogP contribution in [0.15, 0.2) is 23.1 Å². The number of rotatable bonds is 3. The molecule has 2 aliphatic rings. The fraction of sp³-hybridized carbons (Fsp3) is 0.588. The first-order chi connectivity index (χ1) is 9.54. The average Bonchev–Trinajstić information content (AvgIpc) is 3.03. The zero-order valence-corrected chi connectivity index (χ0v) is 13.2. The summed E-state index contributed by atoms with van der Waals surface area (Å²) in [6.07, 6.45) is 5.52. The van der Waals surface area contributed by atoms with Gasteiger partial charge in [0.05, 0.1) is 0 Å². The van der Waals surface area contributed by atoms with E-state index < -0.39 is 0 Å². The van der Waals surface area contributed by atoms with Crippen LogP contribution in [-0.2, 0) is 0 Å². The maximum Gasteiger partial charge on any atom is 0.253 e. The molecule has 2 bridgehead atoms. The Morgan fingerprint density at radius 1 is 1.35 bits per heavy atom. The molecule has 2 nitrogen and oxygen atoms in total. The Balaban J connectivity index is 1.69. The first kappa shape index (κ1) is 14.0. The van der Waals surface area contributed by atoms with Crippen LogP contribution in [0, 0.1) is 24.7 Å². The van der Waals surface area contributed by atoms with E-state index in [9.17, 15) is 4.79 Å². The van der Waals surface area contributed by atoms with E-state index in [1.807, 2.05) is 37.1 Å². The Hall–Kier alpha value is -0.960. The van der Waals surface area contributed by atoms with Gasteiger partial charge in [-0.3, -0.25) is 4.79 Å². The van der Waals surface area contributed by atoms with Crippen LogP contribution in [-0.4, -0.2) is 24.4 Å². The highest BCUT2D eigenvalue weighted by molar-refractivity contribution is 7.80. The van der Waals surface area contributed by atoms with Crippen molar-refractivity contribution in [3.05, 3.63) is 29.3 Å². The Morgan fingerprint density at radius 3 is 2.80 bits per heavy atom. The number of carbonyl (C=O) groups excluding carboxylic acids is 1. The fourth-order valence-corrected chi connectivity index (χ4v) is 4.28. The SMILES string of the molecule is Cc1ccc(S)cc1C(=O)N(C)CC1CC2CCC1C2.